The van der Waals surface area contributed by atoms with E-state index in [0.717, 1.165) is 29.6 Å². The van der Waals surface area contributed by atoms with E-state index in [9.17, 15) is 5.11 Å². The van der Waals surface area contributed by atoms with Crippen molar-refractivity contribution in [2.45, 2.75) is 31.1 Å². The minimum atomic E-state index is 0.264. The monoisotopic (exact) mass is 290 g/mol. The Morgan fingerprint density at radius 1 is 1.25 bits per heavy atom. The number of hydrogen-bond acceptors (Lipinski definition) is 3. The number of anilines is 1. The summed E-state index contributed by atoms with van der Waals surface area (Å²) in [6, 6.07) is 7.30. The van der Waals surface area contributed by atoms with Crippen LogP contribution in [0.2, 0.25) is 0 Å². The average molecular weight is 291 g/mol. The molecule has 2 unspecified atom stereocenters. The molecule has 0 spiro atoms. The summed E-state index contributed by atoms with van der Waals surface area (Å²) in [6.07, 6.45) is 6.58. The molecule has 2 N–H and O–H groups in total. The van der Waals surface area contributed by atoms with Gasteiger partial charge in [-0.15, -0.1) is 11.6 Å². The maximum absolute atomic E-state index is 9.64. The molecule has 1 aliphatic rings. The van der Waals surface area contributed by atoms with Crippen LogP contribution < -0.4 is 5.32 Å². The molecule has 0 aliphatic heterocycles. The molecule has 0 saturated heterocycles. The number of aromatic hydroxyl groups is 1. The predicted molar refractivity (Wildman–Crippen MR) is 83.5 cm³/mol. The van der Waals surface area contributed by atoms with Crippen LogP contribution in [-0.2, 0) is 0 Å². The second-order valence-corrected chi connectivity index (χ2v) is 6.07. The minimum Gasteiger partial charge on any atom is -0.508 e. The summed E-state index contributed by atoms with van der Waals surface area (Å²) in [7, 11) is 0. The number of halogens is 1. The molecule has 0 radical (unpaired) electrons. The number of alkyl halides is 1. The largest absolute Gasteiger partial charge is 0.508 e. The van der Waals surface area contributed by atoms with Gasteiger partial charge in [0.05, 0.1) is 0 Å². The highest BCUT2D eigenvalue weighted by atomic mass is 35.5. The molecular formula is C16H19ClN2O. The third-order valence-electron chi connectivity index (χ3n) is 4.10. The minimum absolute atomic E-state index is 0.264. The first-order valence-electron chi connectivity index (χ1n) is 7.20. The number of nitrogens with one attached hydrogen (secondary N) is 1. The van der Waals surface area contributed by atoms with Crippen LogP contribution in [0.25, 0.3) is 10.8 Å². The van der Waals surface area contributed by atoms with Crippen LogP contribution in [0, 0.1) is 5.92 Å². The summed E-state index contributed by atoms with van der Waals surface area (Å²) in [5, 5.41) is 15.3. The van der Waals surface area contributed by atoms with Crippen molar-refractivity contribution in [2.75, 3.05) is 11.9 Å². The van der Waals surface area contributed by atoms with E-state index in [1.807, 2.05) is 12.1 Å². The maximum atomic E-state index is 9.64. The van der Waals surface area contributed by atoms with Crippen molar-refractivity contribution in [3.63, 3.8) is 0 Å². The second-order valence-electron chi connectivity index (χ2n) is 5.51. The summed E-state index contributed by atoms with van der Waals surface area (Å²) in [5.41, 5.74) is 0. The fourth-order valence-electron chi connectivity index (χ4n) is 2.92. The first-order chi connectivity index (χ1) is 9.74. The average Bonchev–Trinajstić information content (AvgIpc) is 2.46. The van der Waals surface area contributed by atoms with E-state index in [1.54, 1.807) is 18.3 Å². The highest BCUT2D eigenvalue weighted by Gasteiger charge is 2.23. The number of fused-ring (bicyclic) bond motifs is 1. The van der Waals surface area contributed by atoms with E-state index in [4.69, 9.17) is 11.6 Å². The molecule has 106 valence electrons. The molecule has 2 atom stereocenters. The molecule has 20 heavy (non-hydrogen) atoms. The molecule has 1 fully saturated rings. The van der Waals surface area contributed by atoms with E-state index >= 15 is 0 Å². The SMILES string of the molecule is Oc1ccc2ccnc(NCC3CCCCC3Cl)c2c1. The summed E-state index contributed by atoms with van der Waals surface area (Å²) >= 11 is 6.39. The van der Waals surface area contributed by atoms with Gasteiger partial charge in [0.25, 0.3) is 0 Å². The summed E-state index contributed by atoms with van der Waals surface area (Å²) in [4.78, 5) is 4.39. The number of hydrogen-bond donors (Lipinski definition) is 2. The van der Waals surface area contributed by atoms with Crippen LogP contribution in [0.5, 0.6) is 5.75 Å². The van der Waals surface area contributed by atoms with Gasteiger partial charge in [0.15, 0.2) is 0 Å². The van der Waals surface area contributed by atoms with Gasteiger partial charge in [-0.25, -0.2) is 4.98 Å². The van der Waals surface area contributed by atoms with E-state index in [2.05, 4.69) is 10.3 Å². The first-order valence-corrected chi connectivity index (χ1v) is 7.63. The van der Waals surface area contributed by atoms with Crippen LogP contribution in [0.4, 0.5) is 5.82 Å². The van der Waals surface area contributed by atoms with Crippen molar-refractivity contribution in [2.24, 2.45) is 5.92 Å². The Labute approximate surface area is 124 Å². The zero-order chi connectivity index (χ0) is 13.9. The third-order valence-corrected chi connectivity index (χ3v) is 4.67. The number of rotatable bonds is 3. The molecule has 1 aliphatic carbocycles. The van der Waals surface area contributed by atoms with Crippen molar-refractivity contribution in [1.82, 2.24) is 4.98 Å². The number of phenols is 1. The third kappa shape index (κ3) is 2.83. The lowest BCUT2D eigenvalue weighted by Gasteiger charge is -2.27. The van der Waals surface area contributed by atoms with Gasteiger partial charge < -0.3 is 10.4 Å². The molecule has 1 aromatic heterocycles. The Bertz CT molecular complexity index is 602. The summed E-state index contributed by atoms with van der Waals surface area (Å²) in [6.45, 7) is 0.843. The highest BCUT2D eigenvalue weighted by Crippen LogP contribution is 2.30. The molecule has 1 aromatic carbocycles. The molecule has 4 heteroatoms. The van der Waals surface area contributed by atoms with E-state index < -0.39 is 0 Å². The molecule has 1 saturated carbocycles. The van der Waals surface area contributed by atoms with E-state index in [0.29, 0.717) is 5.92 Å². The fourth-order valence-corrected chi connectivity index (χ4v) is 3.29. The van der Waals surface area contributed by atoms with Crippen LogP contribution in [0.15, 0.2) is 30.5 Å². The van der Waals surface area contributed by atoms with Gasteiger partial charge in [0, 0.05) is 23.5 Å². The van der Waals surface area contributed by atoms with Gasteiger partial charge in [-0.3, -0.25) is 0 Å². The van der Waals surface area contributed by atoms with Crippen molar-refractivity contribution in [3.05, 3.63) is 30.5 Å². The Morgan fingerprint density at radius 3 is 2.95 bits per heavy atom. The summed E-state index contributed by atoms with van der Waals surface area (Å²) < 4.78 is 0. The first kappa shape index (κ1) is 13.5. The lowest BCUT2D eigenvalue weighted by atomic mass is 9.89. The molecule has 3 nitrogen and oxygen atoms in total. The Hall–Kier alpha value is -1.48. The maximum Gasteiger partial charge on any atom is 0.133 e. The van der Waals surface area contributed by atoms with Gasteiger partial charge in [-0.2, -0.15) is 0 Å². The van der Waals surface area contributed by atoms with E-state index in [-0.39, 0.29) is 11.1 Å². The van der Waals surface area contributed by atoms with Gasteiger partial charge in [-0.05, 0) is 42.3 Å². The normalized spacial score (nSPS) is 22.9. The molecule has 0 bridgehead atoms. The molecule has 3 rings (SSSR count). The van der Waals surface area contributed by atoms with E-state index in [1.165, 1.54) is 19.3 Å². The number of benzene rings is 1. The zero-order valence-corrected chi connectivity index (χ0v) is 12.1. The topological polar surface area (TPSA) is 45.2 Å². The predicted octanol–water partition coefficient (Wildman–Crippen LogP) is 4.15. The van der Waals surface area contributed by atoms with Crippen LogP contribution >= 0.6 is 11.6 Å². The summed E-state index contributed by atoms with van der Waals surface area (Å²) in [5.74, 6) is 1.59. The molecule has 2 aromatic rings. The number of nitrogens with zero attached hydrogens (tertiary/aromatic N) is 1. The molecule has 1 heterocycles. The standard InChI is InChI=1S/C16H19ClN2O/c17-15-4-2-1-3-12(15)10-19-16-14-9-13(20)6-5-11(14)7-8-18-16/h5-9,12,15,20H,1-4,10H2,(H,18,19). The Kier molecular flexibility index (Phi) is 3.97. The quantitative estimate of drug-likeness (QED) is 0.835. The van der Waals surface area contributed by atoms with Crippen molar-refractivity contribution >= 4 is 28.2 Å². The smallest absolute Gasteiger partial charge is 0.133 e. The highest BCUT2D eigenvalue weighted by molar-refractivity contribution is 6.20. The van der Waals surface area contributed by atoms with Gasteiger partial charge in [-0.1, -0.05) is 18.9 Å². The molecule has 0 amide bonds. The van der Waals surface area contributed by atoms with Crippen molar-refractivity contribution in [3.8, 4) is 5.75 Å². The lowest BCUT2D eigenvalue weighted by Crippen LogP contribution is -2.27. The van der Waals surface area contributed by atoms with Gasteiger partial charge >= 0.3 is 0 Å². The zero-order valence-electron chi connectivity index (χ0n) is 11.3. The fraction of sp³-hybridized carbons (Fsp3) is 0.438. The van der Waals surface area contributed by atoms with Crippen LogP contribution in [-0.4, -0.2) is 22.0 Å². The van der Waals surface area contributed by atoms with Crippen molar-refractivity contribution < 1.29 is 5.11 Å². The lowest BCUT2D eigenvalue weighted by molar-refractivity contribution is 0.380. The van der Waals surface area contributed by atoms with Gasteiger partial charge in [0.2, 0.25) is 0 Å². The van der Waals surface area contributed by atoms with Gasteiger partial charge in [0.1, 0.15) is 11.6 Å². The number of pyridine rings is 1. The Balaban J connectivity index is 1.78. The Morgan fingerprint density at radius 2 is 2.10 bits per heavy atom. The second kappa shape index (κ2) is 5.88. The van der Waals surface area contributed by atoms with Crippen molar-refractivity contribution in [1.29, 1.82) is 0 Å². The molecular weight excluding hydrogens is 272 g/mol. The number of aromatic nitrogens is 1. The van der Waals surface area contributed by atoms with Crippen LogP contribution in [0.3, 0.4) is 0 Å². The van der Waals surface area contributed by atoms with Crippen LogP contribution in [0.1, 0.15) is 25.7 Å². The number of phenolic OH excluding ortho intramolecular Hbond substituents is 1.